The fourth-order valence-electron chi connectivity index (χ4n) is 5.37. The number of aromatic nitrogens is 1. The standard InChI is InChI=1S/C29H23N3O3/c1-29(2)13-23(33)26-24(14-29)34-28(31)21(15-30)25(26)17-10-11-22-20(12-17)27(35-32-22)19-9-5-7-16-6-3-4-8-18(16)19/h3-12,25H,13-14,31H2,1-2H3. The Balaban J connectivity index is 1.56. The highest BCUT2D eigenvalue weighted by Crippen LogP contribution is 2.48. The molecule has 1 aliphatic heterocycles. The number of ether oxygens (including phenoxy) is 1. The number of ketones is 1. The van der Waals surface area contributed by atoms with Gasteiger partial charge in [-0.25, -0.2) is 0 Å². The number of carbonyl (C=O) groups excluding carboxylic acids is 1. The third-order valence-corrected chi connectivity index (χ3v) is 6.94. The second-order valence-electron chi connectivity index (χ2n) is 10.0. The Morgan fingerprint density at radius 1 is 1.06 bits per heavy atom. The van der Waals surface area contributed by atoms with E-state index in [1.54, 1.807) is 0 Å². The molecule has 6 rings (SSSR count). The normalized spacial score (nSPS) is 19.6. The van der Waals surface area contributed by atoms with Gasteiger partial charge < -0.3 is 15.0 Å². The number of nitrogens with two attached hydrogens (primary N) is 1. The Morgan fingerprint density at radius 2 is 1.86 bits per heavy atom. The molecular weight excluding hydrogens is 438 g/mol. The van der Waals surface area contributed by atoms with Crippen molar-refractivity contribution in [1.29, 1.82) is 5.26 Å². The first kappa shape index (κ1) is 21.2. The Morgan fingerprint density at radius 3 is 2.69 bits per heavy atom. The van der Waals surface area contributed by atoms with Crippen molar-refractivity contribution in [2.24, 2.45) is 11.1 Å². The first-order valence-corrected chi connectivity index (χ1v) is 11.6. The van der Waals surface area contributed by atoms with Crippen molar-refractivity contribution >= 4 is 27.5 Å². The van der Waals surface area contributed by atoms with Crippen LogP contribution in [0.15, 0.2) is 88.0 Å². The van der Waals surface area contributed by atoms with Crippen LogP contribution in [-0.2, 0) is 9.53 Å². The maximum Gasteiger partial charge on any atom is 0.205 e. The quantitative estimate of drug-likeness (QED) is 0.387. The highest BCUT2D eigenvalue weighted by molar-refractivity contribution is 6.03. The number of Topliss-reactive ketones (excluding diaryl/α,β-unsaturated/α-hetero) is 1. The maximum atomic E-state index is 13.3. The van der Waals surface area contributed by atoms with Crippen molar-refractivity contribution < 1.29 is 14.1 Å². The van der Waals surface area contributed by atoms with E-state index in [4.69, 9.17) is 15.0 Å². The van der Waals surface area contributed by atoms with E-state index >= 15 is 0 Å². The molecule has 4 aromatic rings. The van der Waals surface area contributed by atoms with E-state index in [2.05, 4.69) is 29.4 Å². The molecule has 2 N–H and O–H groups in total. The maximum absolute atomic E-state index is 13.3. The molecule has 0 fully saturated rings. The predicted octanol–water partition coefficient (Wildman–Crippen LogP) is 6.10. The molecule has 0 amide bonds. The van der Waals surface area contributed by atoms with Crippen molar-refractivity contribution in [3.8, 4) is 17.4 Å². The zero-order chi connectivity index (χ0) is 24.3. The molecule has 0 radical (unpaired) electrons. The number of fused-ring (bicyclic) bond motifs is 2. The zero-order valence-electron chi connectivity index (χ0n) is 19.5. The highest BCUT2D eigenvalue weighted by Gasteiger charge is 2.43. The van der Waals surface area contributed by atoms with Crippen molar-refractivity contribution in [1.82, 2.24) is 5.16 Å². The number of carbonyl (C=O) groups is 1. The number of allylic oxidation sites excluding steroid dienone is 3. The summed E-state index contributed by atoms with van der Waals surface area (Å²) in [5.74, 6) is 0.661. The van der Waals surface area contributed by atoms with Crippen molar-refractivity contribution in [3.63, 3.8) is 0 Å². The molecule has 0 spiro atoms. The fourth-order valence-corrected chi connectivity index (χ4v) is 5.37. The van der Waals surface area contributed by atoms with Crippen LogP contribution in [0.5, 0.6) is 0 Å². The number of hydrogen-bond donors (Lipinski definition) is 1. The molecule has 3 aromatic carbocycles. The van der Waals surface area contributed by atoms with Crippen LogP contribution in [0.2, 0.25) is 0 Å². The van der Waals surface area contributed by atoms with E-state index in [1.165, 1.54) is 0 Å². The lowest BCUT2D eigenvalue weighted by Crippen LogP contribution is -2.33. The van der Waals surface area contributed by atoms with Crippen LogP contribution >= 0.6 is 0 Å². The van der Waals surface area contributed by atoms with E-state index in [1.807, 2.05) is 56.3 Å². The first-order chi connectivity index (χ1) is 16.9. The number of rotatable bonds is 2. The number of nitrogens with zero attached hydrogens (tertiary/aromatic N) is 2. The minimum absolute atomic E-state index is 0.0128. The molecule has 1 aromatic heterocycles. The Labute approximate surface area is 202 Å². The summed E-state index contributed by atoms with van der Waals surface area (Å²) in [6.45, 7) is 4.07. The van der Waals surface area contributed by atoms with Gasteiger partial charge in [-0.05, 0) is 33.9 Å². The van der Waals surface area contributed by atoms with Crippen LogP contribution < -0.4 is 5.73 Å². The van der Waals surface area contributed by atoms with Gasteiger partial charge in [-0.1, -0.05) is 67.5 Å². The molecule has 35 heavy (non-hydrogen) atoms. The van der Waals surface area contributed by atoms with Crippen LogP contribution in [0.1, 0.15) is 38.2 Å². The van der Waals surface area contributed by atoms with Gasteiger partial charge in [0.2, 0.25) is 5.88 Å². The lowest BCUT2D eigenvalue weighted by atomic mass is 9.70. The summed E-state index contributed by atoms with van der Waals surface area (Å²) in [6, 6.07) is 22.1. The lowest BCUT2D eigenvalue weighted by Gasteiger charge is -2.37. The summed E-state index contributed by atoms with van der Waals surface area (Å²) >= 11 is 0. The molecule has 172 valence electrons. The molecule has 1 atom stereocenters. The van der Waals surface area contributed by atoms with Gasteiger partial charge >= 0.3 is 0 Å². The van der Waals surface area contributed by atoms with Crippen LogP contribution in [0.4, 0.5) is 0 Å². The van der Waals surface area contributed by atoms with Gasteiger partial charge in [0.25, 0.3) is 0 Å². The van der Waals surface area contributed by atoms with E-state index in [9.17, 15) is 10.1 Å². The van der Waals surface area contributed by atoms with E-state index < -0.39 is 5.92 Å². The summed E-state index contributed by atoms with van der Waals surface area (Å²) in [6.07, 6.45) is 0.974. The van der Waals surface area contributed by atoms with Gasteiger partial charge in [-0.2, -0.15) is 5.26 Å². The SMILES string of the molecule is CC1(C)CC(=O)C2=C(C1)OC(N)=C(C#N)C2c1ccc2noc(-c3cccc4ccccc34)c2c1. The molecule has 0 saturated carbocycles. The van der Waals surface area contributed by atoms with Crippen molar-refractivity contribution in [3.05, 3.63) is 89.0 Å². The molecule has 2 aliphatic rings. The highest BCUT2D eigenvalue weighted by atomic mass is 16.5. The van der Waals surface area contributed by atoms with E-state index in [-0.39, 0.29) is 22.7 Å². The number of hydrogen-bond acceptors (Lipinski definition) is 6. The van der Waals surface area contributed by atoms with Crippen LogP contribution in [0.25, 0.3) is 33.0 Å². The predicted molar refractivity (Wildman–Crippen MR) is 133 cm³/mol. The van der Waals surface area contributed by atoms with Gasteiger partial charge in [0.15, 0.2) is 11.5 Å². The Bertz CT molecular complexity index is 1640. The van der Waals surface area contributed by atoms with Gasteiger partial charge in [-0.15, -0.1) is 0 Å². The monoisotopic (exact) mass is 461 g/mol. The second-order valence-corrected chi connectivity index (χ2v) is 10.0. The third kappa shape index (κ3) is 3.31. The molecule has 2 heterocycles. The molecular formula is C29H23N3O3. The Hall–Kier alpha value is -4.37. The summed E-state index contributed by atoms with van der Waals surface area (Å²) < 4.78 is 11.7. The van der Waals surface area contributed by atoms with Crippen molar-refractivity contribution in [2.75, 3.05) is 0 Å². The molecule has 1 aliphatic carbocycles. The zero-order valence-corrected chi connectivity index (χ0v) is 19.5. The van der Waals surface area contributed by atoms with Crippen LogP contribution in [0, 0.1) is 16.7 Å². The molecule has 6 heteroatoms. The molecule has 0 saturated heterocycles. The van der Waals surface area contributed by atoms with Crippen molar-refractivity contribution in [2.45, 2.75) is 32.6 Å². The van der Waals surface area contributed by atoms with E-state index in [0.717, 1.165) is 27.3 Å². The average Bonchev–Trinajstić information content (AvgIpc) is 3.25. The van der Waals surface area contributed by atoms with Crippen LogP contribution in [-0.4, -0.2) is 10.9 Å². The minimum Gasteiger partial charge on any atom is -0.444 e. The largest absolute Gasteiger partial charge is 0.444 e. The summed E-state index contributed by atoms with van der Waals surface area (Å²) in [5.41, 5.74) is 9.15. The molecule has 1 unspecified atom stereocenters. The average molecular weight is 462 g/mol. The van der Waals surface area contributed by atoms with Gasteiger partial charge in [0.1, 0.15) is 22.9 Å². The first-order valence-electron chi connectivity index (χ1n) is 11.6. The fraction of sp³-hybridized carbons (Fsp3) is 0.207. The van der Waals surface area contributed by atoms with Gasteiger partial charge in [0.05, 0.1) is 11.3 Å². The number of benzene rings is 3. The third-order valence-electron chi connectivity index (χ3n) is 6.94. The van der Waals surface area contributed by atoms with Gasteiger partial charge in [0, 0.05) is 24.0 Å². The topological polar surface area (TPSA) is 102 Å². The van der Waals surface area contributed by atoms with E-state index in [0.29, 0.717) is 35.5 Å². The van der Waals surface area contributed by atoms with Crippen LogP contribution in [0.3, 0.4) is 0 Å². The molecule has 0 bridgehead atoms. The minimum atomic E-state index is -0.591. The Kier molecular flexibility index (Phi) is 4.58. The smallest absolute Gasteiger partial charge is 0.205 e. The van der Waals surface area contributed by atoms with Gasteiger partial charge in [-0.3, -0.25) is 4.79 Å². The second kappa shape index (κ2) is 7.57. The molecule has 6 nitrogen and oxygen atoms in total. The number of nitriles is 1. The summed E-state index contributed by atoms with van der Waals surface area (Å²) in [7, 11) is 0. The lowest BCUT2D eigenvalue weighted by molar-refractivity contribution is -0.119. The summed E-state index contributed by atoms with van der Waals surface area (Å²) in [5, 5.41) is 17.2. The summed E-state index contributed by atoms with van der Waals surface area (Å²) in [4.78, 5) is 13.3.